The van der Waals surface area contributed by atoms with Gasteiger partial charge in [0.25, 0.3) is 0 Å². The second-order valence-corrected chi connectivity index (χ2v) is 3.64. The van der Waals surface area contributed by atoms with Crippen LogP contribution in [0.3, 0.4) is 0 Å². The van der Waals surface area contributed by atoms with Gasteiger partial charge >= 0.3 is 0 Å². The summed E-state index contributed by atoms with van der Waals surface area (Å²) in [6.45, 7) is 1.94. The summed E-state index contributed by atoms with van der Waals surface area (Å²) in [5.74, 6) is 0. The number of aromatic nitrogens is 1. The first-order chi connectivity index (χ1) is 6.68. The Labute approximate surface area is 87.8 Å². The number of benzene rings is 1. The summed E-state index contributed by atoms with van der Waals surface area (Å²) in [5.41, 5.74) is 7.27. The van der Waals surface area contributed by atoms with E-state index in [9.17, 15) is 0 Å². The van der Waals surface area contributed by atoms with Crippen molar-refractivity contribution < 1.29 is 0 Å². The molecule has 1 aromatic heterocycles. The van der Waals surface area contributed by atoms with Gasteiger partial charge < -0.3 is 5.73 Å². The van der Waals surface area contributed by atoms with Crippen molar-refractivity contribution in [1.29, 1.82) is 0 Å². The van der Waals surface area contributed by atoms with Crippen LogP contribution in [0.5, 0.6) is 0 Å². The standard InChI is InChI=1S/C11H10N2S/c1-7-6-8-4-2-3-5-9(8)10(13-7)11(12)14/h2-6H,1H3,(H2,12,14). The minimum absolute atomic E-state index is 0.352. The Morgan fingerprint density at radius 3 is 2.79 bits per heavy atom. The van der Waals surface area contributed by atoms with E-state index in [4.69, 9.17) is 18.0 Å². The van der Waals surface area contributed by atoms with E-state index in [0.717, 1.165) is 22.2 Å². The van der Waals surface area contributed by atoms with Gasteiger partial charge in [-0.2, -0.15) is 0 Å². The SMILES string of the molecule is Cc1cc2ccccc2c(C(N)=S)n1. The Kier molecular flexibility index (Phi) is 2.17. The van der Waals surface area contributed by atoms with Crippen LogP contribution in [-0.2, 0) is 0 Å². The first kappa shape index (κ1) is 9.09. The molecule has 0 amide bonds. The van der Waals surface area contributed by atoms with Crippen molar-refractivity contribution in [2.75, 3.05) is 0 Å². The molecule has 0 spiro atoms. The number of hydrogen-bond donors (Lipinski definition) is 1. The summed E-state index contributed by atoms with van der Waals surface area (Å²) in [6, 6.07) is 9.99. The molecule has 2 aromatic rings. The minimum Gasteiger partial charge on any atom is -0.388 e. The molecule has 2 rings (SSSR count). The van der Waals surface area contributed by atoms with Crippen molar-refractivity contribution in [3.63, 3.8) is 0 Å². The molecule has 2 N–H and O–H groups in total. The Hall–Kier alpha value is -1.48. The topological polar surface area (TPSA) is 38.9 Å². The number of rotatable bonds is 1. The highest BCUT2D eigenvalue weighted by atomic mass is 32.1. The van der Waals surface area contributed by atoms with Gasteiger partial charge in [-0.3, -0.25) is 0 Å². The molecule has 0 fully saturated rings. The summed E-state index contributed by atoms with van der Waals surface area (Å²) in [6.07, 6.45) is 0. The van der Waals surface area contributed by atoms with Crippen LogP contribution >= 0.6 is 12.2 Å². The van der Waals surface area contributed by atoms with E-state index >= 15 is 0 Å². The van der Waals surface area contributed by atoms with E-state index in [1.165, 1.54) is 0 Å². The molecule has 0 aliphatic rings. The van der Waals surface area contributed by atoms with Crippen LogP contribution in [0.25, 0.3) is 10.8 Å². The van der Waals surface area contributed by atoms with E-state index in [1.807, 2.05) is 37.3 Å². The Morgan fingerprint density at radius 1 is 1.36 bits per heavy atom. The smallest absolute Gasteiger partial charge is 0.123 e. The van der Waals surface area contributed by atoms with Crippen LogP contribution in [0.2, 0.25) is 0 Å². The first-order valence-electron chi connectivity index (χ1n) is 4.34. The van der Waals surface area contributed by atoms with Crippen molar-refractivity contribution in [2.24, 2.45) is 5.73 Å². The Bertz CT molecular complexity index is 506. The summed E-state index contributed by atoms with van der Waals surface area (Å²) >= 11 is 4.96. The fraction of sp³-hybridized carbons (Fsp3) is 0.0909. The molecular weight excluding hydrogens is 192 g/mol. The number of nitrogens with zero attached hydrogens (tertiary/aromatic N) is 1. The predicted octanol–water partition coefficient (Wildman–Crippen LogP) is 2.18. The lowest BCUT2D eigenvalue weighted by molar-refractivity contribution is 1.20. The maximum atomic E-state index is 5.62. The highest BCUT2D eigenvalue weighted by molar-refractivity contribution is 7.80. The molecule has 0 bridgehead atoms. The number of pyridine rings is 1. The zero-order chi connectivity index (χ0) is 10.1. The molecule has 0 aliphatic heterocycles. The van der Waals surface area contributed by atoms with Crippen LogP contribution in [0.4, 0.5) is 0 Å². The van der Waals surface area contributed by atoms with Crippen LogP contribution < -0.4 is 5.73 Å². The molecule has 2 nitrogen and oxygen atoms in total. The average molecular weight is 202 g/mol. The average Bonchev–Trinajstić information content (AvgIpc) is 2.16. The lowest BCUT2D eigenvalue weighted by Gasteiger charge is -2.05. The lowest BCUT2D eigenvalue weighted by atomic mass is 10.1. The van der Waals surface area contributed by atoms with Gasteiger partial charge in [0, 0.05) is 11.1 Å². The number of hydrogen-bond acceptors (Lipinski definition) is 2. The fourth-order valence-electron chi connectivity index (χ4n) is 1.52. The maximum absolute atomic E-state index is 5.62. The van der Waals surface area contributed by atoms with Crippen molar-refractivity contribution in [3.05, 3.63) is 41.7 Å². The highest BCUT2D eigenvalue weighted by Crippen LogP contribution is 2.17. The van der Waals surface area contributed by atoms with E-state index in [2.05, 4.69) is 4.98 Å². The van der Waals surface area contributed by atoms with Crippen molar-refractivity contribution in [3.8, 4) is 0 Å². The Morgan fingerprint density at radius 2 is 2.07 bits per heavy atom. The van der Waals surface area contributed by atoms with Gasteiger partial charge in [0.2, 0.25) is 0 Å². The van der Waals surface area contributed by atoms with Crippen molar-refractivity contribution in [2.45, 2.75) is 6.92 Å². The van der Waals surface area contributed by atoms with E-state index in [-0.39, 0.29) is 0 Å². The summed E-state index contributed by atoms with van der Waals surface area (Å²) in [4.78, 5) is 4.69. The molecule has 14 heavy (non-hydrogen) atoms. The van der Waals surface area contributed by atoms with E-state index in [0.29, 0.717) is 4.99 Å². The second kappa shape index (κ2) is 3.35. The Balaban J connectivity index is 2.87. The van der Waals surface area contributed by atoms with Crippen LogP contribution in [0.1, 0.15) is 11.4 Å². The van der Waals surface area contributed by atoms with Gasteiger partial charge in [0.1, 0.15) is 10.7 Å². The molecule has 1 heterocycles. The van der Waals surface area contributed by atoms with Gasteiger partial charge in [-0.1, -0.05) is 36.5 Å². The van der Waals surface area contributed by atoms with Crippen LogP contribution in [-0.4, -0.2) is 9.97 Å². The molecule has 0 saturated carbocycles. The number of thiocarbonyl (C=S) groups is 1. The van der Waals surface area contributed by atoms with Crippen LogP contribution in [0.15, 0.2) is 30.3 Å². The van der Waals surface area contributed by atoms with Crippen molar-refractivity contribution >= 4 is 28.0 Å². The maximum Gasteiger partial charge on any atom is 0.123 e. The number of fused-ring (bicyclic) bond motifs is 1. The zero-order valence-electron chi connectivity index (χ0n) is 7.82. The monoisotopic (exact) mass is 202 g/mol. The lowest BCUT2D eigenvalue weighted by Crippen LogP contribution is -2.12. The summed E-state index contributed by atoms with van der Waals surface area (Å²) in [7, 11) is 0. The zero-order valence-corrected chi connectivity index (χ0v) is 8.64. The largest absolute Gasteiger partial charge is 0.388 e. The van der Waals surface area contributed by atoms with Gasteiger partial charge in [-0.05, 0) is 18.4 Å². The molecule has 0 atom stereocenters. The third-order valence-corrected chi connectivity index (χ3v) is 2.30. The fourth-order valence-corrected chi connectivity index (χ4v) is 1.68. The number of nitrogens with two attached hydrogens (primary N) is 1. The van der Waals surface area contributed by atoms with Gasteiger partial charge in [-0.15, -0.1) is 0 Å². The first-order valence-corrected chi connectivity index (χ1v) is 4.75. The third kappa shape index (κ3) is 1.46. The molecule has 0 radical (unpaired) electrons. The summed E-state index contributed by atoms with van der Waals surface area (Å²) < 4.78 is 0. The molecule has 3 heteroatoms. The molecule has 70 valence electrons. The van der Waals surface area contributed by atoms with E-state index in [1.54, 1.807) is 0 Å². The molecule has 0 saturated heterocycles. The number of aryl methyl sites for hydroxylation is 1. The highest BCUT2D eigenvalue weighted by Gasteiger charge is 2.05. The summed E-state index contributed by atoms with van der Waals surface area (Å²) in [5, 5.41) is 2.15. The van der Waals surface area contributed by atoms with Crippen LogP contribution in [0, 0.1) is 6.92 Å². The van der Waals surface area contributed by atoms with Crippen molar-refractivity contribution in [1.82, 2.24) is 4.98 Å². The van der Waals surface area contributed by atoms with E-state index < -0.39 is 0 Å². The molecular formula is C11H10N2S. The van der Waals surface area contributed by atoms with Gasteiger partial charge in [-0.25, -0.2) is 4.98 Å². The second-order valence-electron chi connectivity index (χ2n) is 3.20. The normalized spacial score (nSPS) is 10.4. The predicted molar refractivity (Wildman–Crippen MR) is 62.4 cm³/mol. The van der Waals surface area contributed by atoms with Gasteiger partial charge in [0.05, 0.1) is 0 Å². The minimum atomic E-state index is 0.352. The van der Waals surface area contributed by atoms with Gasteiger partial charge in [0.15, 0.2) is 0 Å². The molecule has 1 aromatic carbocycles. The quantitative estimate of drug-likeness (QED) is 0.720. The third-order valence-electron chi connectivity index (χ3n) is 2.10. The molecule has 0 unspecified atom stereocenters. The molecule has 0 aliphatic carbocycles.